The van der Waals surface area contributed by atoms with Crippen molar-refractivity contribution in [3.8, 4) is 6.07 Å². The SMILES string of the molecule is CN1C(=CC(=O)c2ccc(C#N)cc2)N(C2[C@H]3CN(S(=O)(=O)c4ccccc4)C[C@@H]23)C(=O)C1(c1ccncc1)c1ccncc1. The number of piperidine rings is 1. The van der Waals surface area contributed by atoms with E-state index in [0.717, 1.165) is 0 Å². The van der Waals surface area contributed by atoms with Crippen LogP contribution in [0.2, 0.25) is 0 Å². The third-order valence-electron chi connectivity index (χ3n) is 9.17. The molecule has 11 heteroatoms. The van der Waals surface area contributed by atoms with Gasteiger partial charge in [-0.2, -0.15) is 9.57 Å². The first kappa shape index (κ1) is 28.6. The molecule has 1 unspecified atom stereocenters. The zero-order valence-corrected chi connectivity index (χ0v) is 25.1. The van der Waals surface area contributed by atoms with E-state index in [1.165, 1.54) is 10.4 Å². The van der Waals surface area contributed by atoms with Gasteiger partial charge in [-0.15, -0.1) is 0 Å². The lowest BCUT2D eigenvalue weighted by Gasteiger charge is -2.35. The average molecular weight is 617 g/mol. The molecule has 1 aliphatic carbocycles. The highest BCUT2D eigenvalue weighted by molar-refractivity contribution is 7.89. The fourth-order valence-electron chi connectivity index (χ4n) is 6.88. The van der Waals surface area contributed by atoms with Gasteiger partial charge in [-0.25, -0.2) is 8.42 Å². The monoisotopic (exact) mass is 616 g/mol. The number of rotatable bonds is 7. The molecule has 3 atom stereocenters. The number of sulfonamides is 1. The van der Waals surface area contributed by atoms with Gasteiger partial charge in [0.2, 0.25) is 10.0 Å². The molecule has 0 spiro atoms. The fraction of sp³-hybridized carbons (Fsp3) is 0.206. The second kappa shape index (κ2) is 10.8. The largest absolute Gasteiger partial charge is 0.339 e. The predicted molar refractivity (Wildman–Crippen MR) is 163 cm³/mol. The number of hydrogen-bond donors (Lipinski definition) is 0. The fourth-order valence-corrected chi connectivity index (χ4v) is 8.42. The van der Waals surface area contributed by atoms with Crippen LogP contribution in [0.5, 0.6) is 0 Å². The summed E-state index contributed by atoms with van der Waals surface area (Å²) in [6, 6.07) is 23.6. The lowest BCUT2D eigenvalue weighted by molar-refractivity contribution is -0.132. The first-order valence-corrected chi connectivity index (χ1v) is 15.9. The Morgan fingerprint density at radius 2 is 1.44 bits per heavy atom. The van der Waals surface area contributed by atoms with E-state index >= 15 is 0 Å². The van der Waals surface area contributed by atoms with Gasteiger partial charge in [-0.05, 0) is 71.8 Å². The number of nitrogens with zero attached hydrogens (tertiary/aromatic N) is 6. The molecule has 4 heterocycles. The van der Waals surface area contributed by atoms with Gasteiger partial charge in [0, 0.05) is 74.4 Å². The van der Waals surface area contributed by atoms with Crippen molar-refractivity contribution in [3.05, 3.63) is 138 Å². The Bertz CT molecular complexity index is 1910. The molecule has 4 aromatic rings. The van der Waals surface area contributed by atoms with Crippen LogP contribution < -0.4 is 0 Å². The van der Waals surface area contributed by atoms with Gasteiger partial charge in [-0.1, -0.05) is 18.2 Å². The minimum absolute atomic E-state index is 0.0973. The van der Waals surface area contributed by atoms with Gasteiger partial charge in [0.15, 0.2) is 11.3 Å². The number of benzene rings is 2. The highest BCUT2D eigenvalue weighted by Crippen LogP contribution is 2.56. The van der Waals surface area contributed by atoms with Crippen molar-refractivity contribution in [2.45, 2.75) is 16.5 Å². The number of pyridine rings is 2. The number of fused-ring (bicyclic) bond motifs is 1. The van der Waals surface area contributed by atoms with E-state index in [0.29, 0.717) is 28.1 Å². The molecule has 2 aromatic carbocycles. The Morgan fingerprint density at radius 1 is 0.889 bits per heavy atom. The molecule has 224 valence electrons. The van der Waals surface area contributed by atoms with E-state index in [4.69, 9.17) is 0 Å². The third-order valence-corrected chi connectivity index (χ3v) is 11.0. The van der Waals surface area contributed by atoms with Gasteiger partial charge in [0.05, 0.1) is 16.5 Å². The van der Waals surface area contributed by atoms with E-state index in [1.54, 1.807) is 116 Å². The molecule has 2 aliphatic heterocycles. The maximum atomic E-state index is 15.0. The van der Waals surface area contributed by atoms with Crippen LogP contribution in [0.1, 0.15) is 27.0 Å². The van der Waals surface area contributed by atoms with Gasteiger partial charge in [0.25, 0.3) is 5.91 Å². The topological polar surface area (TPSA) is 128 Å². The standard InChI is InChI=1S/C34H28N6O4S/c1-38-31(19-30(41)24-9-7-23(20-35)8-10-24)40(32-28-21-39(22-29(28)32)45(43,44)27-5-3-2-4-6-27)33(42)34(38,25-11-15-36-16-12-25)26-13-17-37-18-14-26/h2-19,28-29,32H,21-22H2,1H3/t28-,29+,32?. The van der Waals surface area contributed by atoms with Crippen LogP contribution in [0.4, 0.5) is 0 Å². The van der Waals surface area contributed by atoms with Crippen molar-refractivity contribution in [1.82, 2.24) is 24.1 Å². The molecule has 3 fully saturated rings. The molecule has 2 aromatic heterocycles. The van der Waals surface area contributed by atoms with Gasteiger partial charge >= 0.3 is 0 Å². The van der Waals surface area contributed by atoms with E-state index in [-0.39, 0.29) is 47.6 Å². The molecule has 7 rings (SSSR count). The van der Waals surface area contributed by atoms with Gasteiger partial charge < -0.3 is 4.90 Å². The number of likely N-dealkylation sites (N-methyl/N-ethyl adjacent to an activating group) is 1. The molecule has 0 N–H and O–H groups in total. The van der Waals surface area contributed by atoms with Gasteiger partial charge in [0.1, 0.15) is 5.82 Å². The van der Waals surface area contributed by atoms with Crippen molar-refractivity contribution >= 4 is 21.7 Å². The Hall–Kier alpha value is -5.18. The summed E-state index contributed by atoms with van der Waals surface area (Å²) in [7, 11) is -1.89. The highest BCUT2D eigenvalue weighted by atomic mass is 32.2. The van der Waals surface area contributed by atoms with Crippen LogP contribution in [-0.4, -0.2) is 70.4 Å². The van der Waals surface area contributed by atoms with Crippen molar-refractivity contribution in [3.63, 3.8) is 0 Å². The summed E-state index contributed by atoms with van der Waals surface area (Å²) in [5.74, 6) is -0.337. The minimum atomic E-state index is -3.68. The number of carbonyl (C=O) groups is 2. The molecule has 10 nitrogen and oxygen atoms in total. The molecular weight excluding hydrogens is 588 g/mol. The third kappa shape index (κ3) is 4.44. The van der Waals surface area contributed by atoms with Gasteiger partial charge in [-0.3, -0.25) is 24.5 Å². The molecule has 2 saturated heterocycles. The quantitative estimate of drug-likeness (QED) is 0.228. The Morgan fingerprint density at radius 3 is 1.98 bits per heavy atom. The number of carbonyl (C=O) groups excluding carboxylic acids is 2. The van der Waals surface area contributed by atoms with Crippen molar-refractivity contribution < 1.29 is 18.0 Å². The molecule has 45 heavy (non-hydrogen) atoms. The van der Waals surface area contributed by atoms with Crippen LogP contribution >= 0.6 is 0 Å². The summed E-state index contributed by atoms with van der Waals surface area (Å²) in [6.07, 6.45) is 7.99. The first-order chi connectivity index (χ1) is 21.8. The molecule has 1 amide bonds. The van der Waals surface area contributed by atoms with Crippen LogP contribution in [0.15, 0.2) is 120 Å². The lowest BCUT2D eigenvalue weighted by Crippen LogP contribution is -2.46. The van der Waals surface area contributed by atoms with E-state index in [2.05, 4.69) is 16.0 Å². The Labute approximate surface area is 260 Å². The van der Waals surface area contributed by atoms with Crippen molar-refractivity contribution in [2.75, 3.05) is 20.1 Å². The maximum Gasteiger partial charge on any atom is 0.263 e. The number of amides is 1. The first-order valence-electron chi connectivity index (χ1n) is 14.5. The maximum absolute atomic E-state index is 15.0. The van der Waals surface area contributed by atoms with Crippen LogP contribution in [-0.2, 0) is 20.4 Å². The number of aromatic nitrogens is 2. The second-order valence-corrected chi connectivity index (χ2v) is 13.4. The van der Waals surface area contributed by atoms with E-state index in [9.17, 15) is 23.3 Å². The predicted octanol–water partition coefficient (Wildman–Crippen LogP) is 3.41. The number of ketones is 1. The summed E-state index contributed by atoms with van der Waals surface area (Å²) in [4.78, 5) is 40.8. The molecule has 3 aliphatic rings. The summed E-state index contributed by atoms with van der Waals surface area (Å²) in [6.45, 7) is 0.544. The van der Waals surface area contributed by atoms with Crippen molar-refractivity contribution in [1.29, 1.82) is 5.26 Å². The smallest absolute Gasteiger partial charge is 0.263 e. The van der Waals surface area contributed by atoms with E-state index in [1.807, 2.05) is 4.90 Å². The summed E-state index contributed by atoms with van der Waals surface area (Å²) < 4.78 is 28.2. The molecule has 1 saturated carbocycles. The van der Waals surface area contributed by atoms with Crippen LogP contribution in [0.25, 0.3) is 0 Å². The zero-order valence-electron chi connectivity index (χ0n) is 24.3. The summed E-state index contributed by atoms with van der Waals surface area (Å²) in [5.41, 5.74) is 0.840. The average Bonchev–Trinajstić information content (AvgIpc) is 3.44. The summed E-state index contributed by atoms with van der Waals surface area (Å²) in [5, 5.41) is 9.20. The number of nitriles is 1. The van der Waals surface area contributed by atoms with Crippen molar-refractivity contribution in [2.24, 2.45) is 11.8 Å². The lowest BCUT2D eigenvalue weighted by atomic mass is 9.82. The molecule has 0 bridgehead atoms. The van der Waals surface area contributed by atoms with E-state index < -0.39 is 15.6 Å². The highest BCUT2D eigenvalue weighted by Gasteiger charge is 2.67. The minimum Gasteiger partial charge on any atom is -0.339 e. The molecule has 0 radical (unpaired) electrons. The van der Waals surface area contributed by atoms with Crippen LogP contribution in [0, 0.1) is 23.2 Å². The Balaban J connectivity index is 1.30. The zero-order chi connectivity index (χ0) is 31.3. The number of allylic oxidation sites excluding steroid dienone is 1. The molecular formula is C34H28N6O4S. The number of hydrogen-bond acceptors (Lipinski definition) is 8. The second-order valence-electron chi connectivity index (χ2n) is 11.4. The summed E-state index contributed by atoms with van der Waals surface area (Å²) >= 11 is 0. The normalized spacial score (nSPS) is 23.2. The van der Waals surface area contributed by atoms with Crippen LogP contribution in [0.3, 0.4) is 0 Å². The Kier molecular flexibility index (Phi) is 6.84.